The Morgan fingerprint density at radius 3 is 3.00 bits per heavy atom. The number of carbonyl (C=O) groups is 1. The van der Waals surface area contributed by atoms with Crippen molar-refractivity contribution < 1.29 is 4.79 Å². The predicted octanol–water partition coefficient (Wildman–Crippen LogP) is 3.31. The molecule has 2 rings (SSSR count). The van der Waals surface area contributed by atoms with Crippen LogP contribution in [0, 0.1) is 5.92 Å². The summed E-state index contributed by atoms with van der Waals surface area (Å²) in [6.45, 7) is 0.555. The van der Waals surface area contributed by atoms with E-state index >= 15 is 0 Å². The van der Waals surface area contributed by atoms with Crippen LogP contribution in [0.4, 0.5) is 0 Å². The van der Waals surface area contributed by atoms with E-state index in [2.05, 4.69) is 17.5 Å². The van der Waals surface area contributed by atoms with Crippen LogP contribution in [0.15, 0.2) is 36.4 Å². The molecule has 0 aliphatic heterocycles. The molecule has 2 nitrogen and oxygen atoms in total. The van der Waals surface area contributed by atoms with Gasteiger partial charge in [0.1, 0.15) is 0 Å². The largest absolute Gasteiger partial charge is 0.352 e. The first-order valence-electron chi connectivity index (χ1n) is 5.93. The third-order valence-corrected chi connectivity index (χ3v) is 3.23. The SMILES string of the molecule is O=C(NCc1cccc(Cl)c1)C1CC=CCC1. The van der Waals surface area contributed by atoms with Gasteiger partial charge in [-0.3, -0.25) is 4.79 Å². The summed E-state index contributed by atoms with van der Waals surface area (Å²) in [7, 11) is 0. The molecule has 0 bridgehead atoms. The summed E-state index contributed by atoms with van der Waals surface area (Å²) in [5, 5.41) is 3.67. The molecule has 90 valence electrons. The normalized spacial score (nSPS) is 19.0. The van der Waals surface area contributed by atoms with Crippen LogP contribution in [-0.4, -0.2) is 5.91 Å². The van der Waals surface area contributed by atoms with Crippen LogP contribution >= 0.6 is 11.6 Å². The number of hydrogen-bond donors (Lipinski definition) is 1. The van der Waals surface area contributed by atoms with Crippen LogP contribution < -0.4 is 5.32 Å². The van der Waals surface area contributed by atoms with E-state index in [9.17, 15) is 4.79 Å². The Bertz CT molecular complexity index is 428. The number of benzene rings is 1. The van der Waals surface area contributed by atoms with Gasteiger partial charge in [0, 0.05) is 17.5 Å². The van der Waals surface area contributed by atoms with Crippen LogP contribution in [-0.2, 0) is 11.3 Å². The van der Waals surface area contributed by atoms with Gasteiger partial charge in [-0.1, -0.05) is 35.9 Å². The minimum Gasteiger partial charge on any atom is -0.352 e. The van der Waals surface area contributed by atoms with Gasteiger partial charge in [-0.25, -0.2) is 0 Å². The Morgan fingerprint density at radius 2 is 2.29 bits per heavy atom. The van der Waals surface area contributed by atoms with Gasteiger partial charge < -0.3 is 5.32 Å². The molecular formula is C14H16ClNO. The molecule has 1 unspecified atom stereocenters. The topological polar surface area (TPSA) is 29.1 Å². The molecule has 0 spiro atoms. The van der Waals surface area contributed by atoms with Crippen LogP contribution in [0.5, 0.6) is 0 Å². The first-order valence-corrected chi connectivity index (χ1v) is 6.30. The number of allylic oxidation sites excluding steroid dienone is 2. The zero-order valence-corrected chi connectivity index (χ0v) is 10.4. The van der Waals surface area contributed by atoms with Crippen molar-refractivity contribution in [3.05, 3.63) is 47.0 Å². The van der Waals surface area contributed by atoms with Crippen molar-refractivity contribution in [3.8, 4) is 0 Å². The van der Waals surface area contributed by atoms with E-state index in [0.29, 0.717) is 11.6 Å². The molecule has 0 fully saturated rings. The lowest BCUT2D eigenvalue weighted by atomic mass is 9.93. The van der Waals surface area contributed by atoms with E-state index in [0.717, 1.165) is 24.8 Å². The van der Waals surface area contributed by atoms with E-state index in [4.69, 9.17) is 11.6 Å². The number of halogens is 1. The third-order valence-electron chi connectivity index (χ3n) is 3.00. The second-order valence-electron chi connectivity index (χ2n) is 4.33. The Hall–Kier alpha value is -1.28. The zero-order valence-electron chi connectivity index (χ0n) is 9.66. The molecule has 17 heavy (non-hydrogen) atoms. The van der Waals surface area contributed by atoms with Crippen molar-refractivity contribution in [1.82, 2.24) is 5.32 Å². The molecule has 1 aliphatic carbocycles. The fraction of sp³-hybridized carbons (Fsp3) is 0.357. The lowest BCUT2D eigenvalue weighted by Gasteiger charge is -2.17. The molecule has 1 N–H and O–H groups in total. The van der Waals surface area contributed by atoms with Gasteiger partial charge in [0.2, 0.25) is 5.91 Å². The smallest absolute Gasteiger partial charge is 0.223 e. The molecule has 0 saturated heterocycles. The minimum absolute atomic E-state index is 0.138. The van der Waals surface area contributed by atoms with Gasteiger partial charge in [0.15, 0.2) is 0 Å². The number of hydrogen-bond acceptors (Lipinski definition) is 1. The molecule has 3 heteroatoms. The average Bonchev–Trinajstić information content (AvgIpc) is 2.37. The molecule has 1 aromatic rings. The monoisotopic (exact) mass is 249 g/mol. The number of nitrogens with one attached hydrogen (secondary N) is 1. The van der Waals surface area contributed by atoms with Gasteiger partial charge in [-0.2, -0.15) is 0 Å². The van der Waals surface area contributed by atoms with Crippen molar-refractivity contribution in [2.24, 2.45) is 5.92 Å². The van der Waals surface area contributed by atoms with E-state index in [1.54, 1.807) is 0 Å². The molecule has 0 radical (unpaired) electrons. The Labute approximate surface area is 107 Å². The van der Waals surface area contributed by atoms with E-state index in [-0.39, 0.29) is 11.8 Å². The van der Waals surface area contributed by atoms with Crippen LogP contribution in [0.1, 0.15) is 24.8 Å². The molecule has 0 aromatic heterocycles. The second kappa shape index (κ2) is 5.87. The van der Waals surface area contributed by atoms with Crippen molar-refractivity contribution in [2.75, 3.05) is 0 Å². The maximum absolute atomic E-state index is 11.9. The average molecular weight is 250 g/mol. The van der Waals surface area contributed by atoms with Gasteiger partial charge in [-0.15, -0.1) is 0 Å². The fourth-order valence-corrected chi connectivity index (χ4v) is 2.23. The van der Waals surface area contributed by atoms with Crippen molar-refractivity contribution in [1.29, 1.82) is 0 Å². The Morgan fingerprint density at radius 1 is 1.41 bits per heavy atom. The number of rotatable bonds is 3. The molecule has 1 aliphatic rings. The molecular weight excluding hydrogens is 234 g/mol. The molecule has 1 aromatic carbocycles. The Kier molecular flexibility index (Phi) is 4.21. The van der Waals surface area contributed by atoms with Crippen LogP contribution in [0.25, 0.3) is 0 Å². The number of amides is 1. The molecule has 0 saturated carbocycles. The van der Waals surface area contributed by atoms with Gasteiger partial charge >= 0.3 is 0 Å². The summed E-state index contributed by atoms with van der Waals surface area (Å²) in [6.07, 6.45) is 7.06. The summed E-state index contributed by atoms with van der Waals surface area (Å²) in [5.41, 5.74) is 1.04. The maximum Gasteiger partial charge on any atom is 0.223 e. The second-order valence-corrected chi connectivity index (χ2v) is 4.77. The third kappa shape index (κ3) is 3.60. The van der Waals surface area contributed by atoms with Crippen LogP contribution in [0.3, 0.4) is 0 Å². The van der Waals surface area contributed by atoms with Crippen molar-refractivity contribution in [2.45, 2.75) is 25.8 Å². The van der Waals surface area contributed by atoms with Gasteiger partial charge in [0.05, 0.1) is 0 Å². The summed E-state index contributed by atoms with van der Waals surface area (Å²) in [6, 6.07) is 7.57. The first-order chi connectivity index (χ1) is 8.25. The molecule has 0 heterocycles. The van der Waals surface area contributed by atoms with Crippen LogP contribution in [0.2, 0.25) is 5.02 Å². The lowest BCUT2D eigenvalue weighted by molar-refractivity contribution is -0.125. The summed E-state index contributed by atoms with van der Waals surface area (Å²) in [4.78, 5) is 11.9. The summed E-state index contributed by atoms with van der Waals surface area (Å²) >= 11 is 5.89. The highest BCUT2D eigenvalue weighted by Gasteiger charge is 2.17. The highest BCUT2D eigenvalue weighted by molar-refractivity contribution is 6.30. The first kappa shape index (κ1) is 12.2. The van der Waals surface area contributed by atoms with Crippen molar-refractivity contribution >= 4 is 17.5 Å². The van der Waals surface area contributed by atoms with Gasteiger partial charge in [-0.05, 0) is 37.0 Å². The molecule has 1 atom stereocenters. The van der Waals surface area contributed by atoms with E-state index < -0.39 is 0 Å². The number of carbonyl (C=O) groups excluding carboxylic acids is 1. The quantitative estimate of drug-likeness (QED) is 0.819. The van der Waals surface area contributed by atoms with E-state index in [1.807, 2.05) is 24.3 Å². The molecule has 1 amide bonds. The highest BCUT2D eigenvalue weighted by atomic mass is 35.5. The summed E-state index contributed by atoms with van der Waals surface area (Å²) in [5.74, 6) is 0.286. The van der Waals surface area contributed by atoms with Crippen molar-refractivity contribution in [3.63, 3.8) is 0 Å². The standard InChI is InChI=1S/C14H16ClNO/c15-13-8-4-5-11(9-13)10-16-14(17)12-6-2-1-3-7-12/h1-2,4-5,8-9,12H,3,6-7,10H2,(H,16,17). The summed E-state index contributed by atoms with van der Waals surface area (Å²) < 4.78 is 0. The van der Waals surface area contributed by atoms with E-state index in [1.165, 1.54) is 0 Å². The zero-order chi connectivity index (χ0) is 12.1. The fourth-order valence-electron chi connectivity index (χ4n) is 2.01. The highest BCUT2D eigenvalue weighted by Crippen LogP contribution is 2.18. The maximum atomic E-state index is 11.9. The Balaban J connectivity index is 1.85. The lowest BCUT2D eigenvalue weighted by Crippen LogP contribution is -2.30. The predicted molar refractivity (Wildman–Crippen MR) is 69.8 cm³/mol. The minimum atomic E-state index is 0.138. The van der Waals surface area contributed by atoms with Gasteiger partial charge in [0.25, 0.3) is 0 Å².